The molecule has 2 aromatic carbocycles. The lowest BCUT2D eigenvalue weighted by Crippen LogP contribution is -2.37. The van der Waals surface area contributed by atoms with Crippen molar-refractivity contribution in [3.8, 4) is 22.7 Å². The van der Waals surface area contributed by atoms with Crippen molar-refractivity contribution in [3.63, 3.8) is 0 Å². The summed E-state index contributed by atoms with van der Waals surface area (Å²) in [5, 5.41) is 16.0. The summed E-state index contributed by atoms with van der Waals surface area (Å²) in [4.78, 5) is 27.2. The summed E-state index contributed by atoms with van der Waals surface area (Å²) in [6.07, 6.45) is 5.75. The third-order valence-electron chi connectivity index (χ3n) is 8.23. The van der Waals surface area contributed by atoms with Gasteiger partial charge in [-0.15, -0.1) is 5.10 Å². The third-order valence-corrected chi connectivity index (χ3v) is 8.23. The molecule has 10 nitrogen and oxygen atoms in total. The zero-order chi connectivity index (χ0) is 29.8. The van der Waals surface area contributed by atoms with E-state index in [0.717, 1.165) is 35.4 Å². The molecule has 12 heteroatoms. The molecule has 1 N–H and O–H groups in total. The van der Waals surface area contributed by atoms with E-state index in [9.17, 15) is 13.6 Å². The summed E-state index contributed by atoms with van der Waals surface area (Å²) >= 11 is 0. The van der Waals surface area contributed by atoms with E-state index in [1.807, 2.05) is 54.6 Å². The molecule has 3 aliphatic rings. The van der Waals surface area contributed by atoms with Gasteiger partial charge in [0.25, 0.3) is 11.8 Å². The normalized spacial score (nSPS) is 19.5. The Morgan fingerprint density at radius 2 is 1.66 bits per heavy atom. The number of nitrogens with zero attached hydrogens (tertiary/aromatic N) is 7. The van der Waals surface area contributed by atoms with Gasteiger partial charge in [-0.25, -0.2) is 18.7 Å². The van der Waals surface area contributed by atoms with Gasteiger partial charge < -0.3 is 9.73 Å². The number of carbonyl (C=O) groups excluding carboxylic acids is 1. The van der Waals surface area contributed by atoms with E-state index in [4.69, 9.17) is 9.41 Å². The number of hydrogen-bond acceptors (Lipinski definition) is 9. The highest BCUT2D eigenvalue weighted by Crippen LogP contribution is 2.46. The molecular formula is C32H26F2N8O2. The number of fused-ring (bicyclic) bond motifs is 1. The Labute approximate surface area is 250 Å². The number of alkyl halides is 2. The van der Waals surface area contributed by atoms with Crippen LogP contribution < -0.4 is 5.32 Å². The summed E-state index contributed by atoms with van der Waals surface area (Å²) in [5.41, 5.74) is 4.83. The van der Waals surface area contributed by atoms with Gasteiger partial charge in [-0.1, -0.05) is 59.7 Å². The first-order valence-electron chi connectivity index (χ1n) is 14.5. The van der Waals surface area contributed by atoms with Crippen molar-refractivity contribution in [2.45, 2.75) is 56.2 Å². The number of halogens is 2. The molecule has 2 saturated carbocycles. The number of aliphatic imine (C=N–C) groups is 1. The second-order valence-electron chi connectivity index (χ2n) is 11.5. The van der Waals surface area contributed by atoms with Crippen molar-refractivity contribution in [3.05, 3.63) is 95.7 Å². The van der Waals surface area contributed by atoms with E-state index in [-0.39, 0.29) is 37.0 Å². The molecule has 0 unspecified atom stereocenters. The Hall–Kier alpha value is -5.13. The highest BCUT2D eigenvalue weighted by Gasteiger charge is 2.47. The lowest BCUT2D eigenvalue weighted by atomic mass is 9.88. The van der Waals surface area contributed by atoms with Crippen molar-refractivity contribution in [1.82, 2.24) is 29.9 Å². The molecule has 2 fully saturated rings. The predicted molar refractivity (Wildman–Crippen MR) is 156 cm³/mol. The summed E-state index contributed by atoms with van der Waals surface area (Å²) in [7, 11) is 0. The van der Waals surface area contributed by atoms with Crippen LogP contribution in [0.1, 0.15) is 60.2 Å². The van der Waals surface area contributed by atoms with Gasteiger partial charge in [-0.05, 0) is 18.4 Å². The number of nitrogens with one attached hydrogen (secondary N) is 1. The van der Waals surface area contributed by atoms with Crippen LogP contribution in [-0.2, 0) is 11.2 Å². The minimum Gasteiger partial charge on any atom is -0.403 e. The Morgan fingerprint density at radius 3 is 2.41 bits per heavy atom. The standard InChI is InChI=1S/C32H26F2N8O2/c33-32(34)13-22(14-32)42-17-24(27(41-42)21-15-35-28(36-16-21)19-10-11-19)30-39-40-31(44-30)38-29-25(43)12-20-8-4-5-9-23(20)26(37-29)18-6-2-1-3-7-18/h1-9,15-17,19,22,29H,10-14H2,(H,38,40)/t29-/m1/s1. The first-order valence-corrected chi connectivity index (χ1v) is 14.5. The van der Waals surface area contributed by atoms with Gasteiger partial charge in [0.2, 0.25) is 0 Å². The fourth-order valence-corrected chi connectivity index (χ4v) is 5.68. The lowest BCUT2D eigenvalue weighted by Gasteiger charge is -2.34. The van der Waals surface area contributed by atoms with E-state index in [0.29, 0.717) is 28.5 Å². The molecule has 0 spiro atoms. The number of rotatable bonds is 7. The maximum Gasteiger partial charge on any atom is 0.317 e. The molecule has 0 radical (unpaired) electrons. The number of Topliss-reactive ketones (excluding diaryl/α,β-unsaturated/α-hetero) is 1. The van der Waals surface area contributed by atoms with Crippen molar-refractivity contribution in [2.75, 3.05) is 5.32 Å². The zero-order valence-corrected chi connectivity index (χ0v) is 23.4. The van der Waals surface area contributed by atoms with Gasteiger partial charge in [0, 0.05) is 60.5 Å². The second kappa shape index (κ2) is 10.2. The second-order valence-corrected chi connectivity index (χ2v) is 11.5. The quantitative estimate of drug-likeness (QED) is 0.258. The van der Waals surface area contributed by atoms with Crippen LogP contribution in [0.15, 0.2) is 82.6 Å². The fraction of sp³-hybridized carbons (Fsp3) is 0.281. The Bertz CT molecular complexity index is 1890. The number of benzene rings is 2. The van der Waals surface area contributed by atoms with Gasteiger partial charge in [0.15, 0.2) is 11.9 Å². The molecule has 4 heterocycles. The third kappa shape index (κ3) is 4.95. The van der Waals surface area contributed by atoms with Crippen LogP contribution in [0, 0.1) is 0 Å². The van der Waals surface area contributed by atoms with E-state index in [1.165, 1.54) is 4.68 Å². The monoisotopic (exact) mass is 592 g/mol. The average molecular weight is 593 g/mol. The highest BCUT2D eigenvalue weighted by atomic mass is 19.3. The molecule has 0 amide bonds. The van der Waals surface area contributed by atoms with Crippen molar-refractivity contribution >= 4 is 17.5 Å². The molecular weight excluding hydrogens is 566 g/mol. The molecule has 1 aliphatic heterocycles. The van der Waals surface area contributed by atoms with Crippen LogP contribution in [0.4, 0.5) is 14.8 Å². The van der Waals surface area contributed by atoms with Gasteiger partial charge in [-0.2, -0.15) is 5.10 Å². The van der Waals surface area contributed by atoms with Crippen molar-refractivity contribution < 1.29 is 18.0 Å². The van der Waals surface area contributed by atoms with Crippen molar-refractivity contribution in [1.29, 1.82) is 0 Å². The van der Waals surface area contributed by atoms with Gasteiger partial charge >= 0.3 is 6.01 Å². The minimum atomic E-state index is -2.71. The van der Waals surface area contributed by atoms with Gasteiger partial charge in [0.1, 0.15) is 11.5 Å². The number of anilines is 1. The highest BCUT2D eigenvalue weighted by molar-refractivity contribution is 6.16. The maximum atomic E-state index is 13.7. The van der Waals surface area contributed by atoms with E-state index >= 15 is 0 Å². The SMILES string of the molecule is O=C1Cc2ccccc2C(c2ccccc2)=N[C@@H]1Nc1nnc(-c2cn(C3CC(F)(F)C3)nc2-c2cnc(C3CC3)nc2)o1. The first-order chi connectivity index (χ1) is 21.4. The molecule has 1 atom stereocenters. The topological polar surface area (TPSA) is 124 Å². The first kappa shape index (κ1) is 26.5. The van der Waals surface area contributed by atoms with E-state index in [2.05, 4.69) is 30.6 Å². The molecule has 220 valence electrons. The lowest BCUT2D eigenvalue weighted by molar-refractivity contribution is -0.119. The molecule has 0 saturated heterocycles. The fourth-order valence-electron chi connectivity index (χ4n) is 5.68. The van der Waals surface area contributed by atoms with E-state index in [1.54, 1.807) is 18.6 Å². The van der Waals surface area contributed by atoms with Crippen LogP contribution in [0.3, 0.4) is 0 Å². The van der Waals surface area contributed by atoms with Crippen LogP contribution in [0.25, 0.3) is 22.7 Å². The van der Waals surface area contributed by atoms with Crippen molar-refractivity contribution in [2.24, 2.45) is 4.99 Å². The molecule has 0 bridgehead atoms. The van der Waals surface area contributed by atoms with Crippen LogP contribution in [0.2, 0.25) is 0 Å². The summed E-state index contributed by atoms with van der Waals surface area (Å²) in [6, 6.07) is 16.9. The Balaban J connectivity index is 1.12. The smallest absolute Gasteiger partial charge is 0.317 e. The van der Waals surface area contributed by atoms with E-state index < -0.39 is 18.1 Å². The Morgan fingerprint density at radius 1 is 0.909 bits per heavy atom. The zero-order valence-electron chi connectivity index (χ0n) is 23.4. The van der Waals surface area contributed by atoms with Crippen LogP contribution >= 0.6 is 0 Å². The number of carbonyl (C=O) groups is 1. The molecule has 8 rings (SSSR count). The number of hydrogen-bond donors (Lipinski definition) is 1. The molecule has 44 heavy (non-hydrogen) atoms. The van der Waals surface area contributed by atoms with Crippen LogP contribution in [-0.4, -0.2) is 53.5 Å². The maximum absolute atomic E-state index is 13.7. The Kier molecular flexibility index (Phi) is 6.17. The summed E-state index contributed by atoms with van der Waals surface area (Å²) < 4.78 is 35.0. The van der Waals surface area contributed by atoms with Gasteiger partial charge in [-0.3, -0.25) is 14.5 Å². The number of aromatic nitrogens is 6. The number of ketones is 1. The minimum absolute atomic E-state index is 0.00493. The summed E-state index contributed by atoms with van der Waals surface area (Å²) in [6.45, 7) is 0. The largest absolute Gasteiger partial charge is 0.403 e. The van der Waals surface area contributed by atoms with Gasteiger partial charge in [0.05, 0.1) is 17.3 Å². The predicted octanol–water partition coefficient (Wildman–Crippen LogP) is 5.64. The molecule has 3 aromatic heterocycles. The van der Waals surface area contributed by atoms with Crippen LogP contribution in [0.5, 0.6) is 0 Å². The molecule has 5 aromatic rings. The average Bonchev–Trinajstić information content (AvgIpc) is 3.65. The molecule has 2 aliphatic carbocycles. The summed E-state index contributed by atoms with van der Waals surface area (Å²) in [5.74, 6) is -1.59.